The Hall–Kier alpha value is -2.92. The molecular weight excluding hydrogens is 352 g/mol. The monoisotopic (exact) mass is 370 g/mol. The van der Waals surface area contributed by atoms with Gasteiger partial charge in [0.15, 0.2) is 11.8 Å². The summed E-state index contributed by atoms with van der Waals surface area (Å²) in [6, 6.07) is 12.5. The Labute approximate surface area is 156 Å². The number of hydrogen-bond donors (Lipinski definition) is 0. The van der Waals surface area contributed by atoms with E-state index in [-0.39, 0.29) is 12.3 Å². The van der Waals surface area contributed by atoms with E-state index < -0.39 is 18.5 Å². The number of nitrogens with zero attached hydrogens (tertiary/aromatic N) is 4. The number of rotatable bonds is 7. The van der Waals surface area contributed by atoms with E-state index in [9.17, 15) is 9.59 Å². The highest BCUT2D eigenvalue weighted by Gasteiger charge is 2.17. The summed E-state index contributed by atoms with van der Waals surface area (Å²) in [5, 5.41) is 9.40. The van der Waals surface area contributed by atoms with E-state index in [1.165, 1.54) is 4.90 Å². The van der Waals surface area contributed by atoms with Gasteiger partial charge in [-0.1, -0.05) is 30.0 Å². The quantitative estimate of drug-likeness (QED) is 0.319. The van der Waals surface area contributed by atoms with Gasteiger partial charge in [0.2, 0.25) is 0 Å². The van der Waals surface area contributed by atoms with Gasteiger partial charge >= 0.3 is 5.97 Å². The molecule has 0 radical (unpaired) electrons. The lowest BCUT2D eigenvalue weighted by molar-refractivity contribution is -0.145. The number of aryl methyl sites for hydroxylation is 2. The maximum absolute atomic E-state index is 12.3. The van der Waals surface area contributed by atoms with Gasteiger partial charge in [-0.3, -0.25) is 14.5 Å². The zero-order valence-electron chi connectivity index (χ0n) is 14.5. The summed E-state index contributed by atoms with van der Waals surface area (Å²) in [5.41, 5.74) is 2.21. The van der Waals surface area contributed by atoms with E-state index in [0.29, 0.717) is 10.8 Å². The number of para-hydroxylation sites is 1. The minimum Gasteiger partial charge on any atom is -0.455 e. The predicted molar refractivity (Wildman–Crippen MR) is 97.6 cm³/mol. The molecule has 134 valence electrons. The summed E-state index contributed by atoms with van der Waals surface area (Å²) >= 11 is 1.15. The summed E-state index contributed by atoms with van der Waals surface area (Å²) in [5.74, 6) is -1.01. The van der Waals surface area contributed by atoms with Crippen molar-refractivity contribution in [3.05, 3.63) is 47.8 Å². The molecule has 2 aromatic rings. The number of thioether (sulfide) groups is 1. The number of amides is 1. The Morgan fingerprint density at radius 1 is 1.19 bits per heavy atom. The second kappa shape index (κ2) is 9.53. The van der Waals surface area contributed by atoms with E-state index >= 15 is 0 Å². The highest BCUT2D eigenvalue weighted by atomic mass is 32.2. The molecule has 2 rings (SSSR count). The molecule has 0 bridgehead atoms. The molecule has 7 nitrogen and oxygen atoms in total. The van der Waals surface area contributed by atoms with Crippen LogP contribution in [-0.2, 0) is 14.3 Å². The maximum Gasteiger partial charge on any atom is 0.316 e. The van der Waals surface area contributed by atoms with Crippen LogP contribution in [0.2, 0.25) is 0 Å². The molecule has 0 saturated heterocycles. The van der Waals surface area contributed by atoms with Crippen molar-refractivity contribution in [3.63, 3.8) is 0 Å². The van der Waals surface area contributed by atoms with Crippen LogP contribution >= 0.6 is 11.8 Å². The smallest absolute Gasteiger partial charge is 0.316 e. The van der Waals surface area contributed by atoms with Gasteiger partial charge in [0, 0.05) is 17.1 Å². The van der Waals surface area contributed by atoms with Crippen LogP contribution in [0.5, 0.6) is 0 Å². The highest BCUT2D eigenvalue weighted by molar-refractivity contribution is 7.99. The molecular formula is C18H18N4O3S. The minimum absolute atomic E-state index is 0.000238. The third kappa shape index (κ3) is 5.86. The predicted octanol–water partition coefficient (Wildman–Crippen LogP) is 2.29. The summed E-state index contributed by atoms with van der Waals surface area (Å²) in [6.45, 7) is 3.15. The molecule has 0 saturated carbocycles. The first-order valence-corrected chi connectivity index (χ1v) is 8.81. The van der Waals surface area contributed by atoms with Crippen LogP contribution in [0.15, 0.2) is 41.6 Å². The number of benzene rings is 1. The van der Waals surface area contributed by atoms with Gasteiger partial charge in [0.1, 0.15) is 6.54 Å². The molecule has 1 amide bonds. The molecule has 0 N–H and O–H groups in total. The molecule has 0 aliphatic rings. The lowest BCUT2D eigenvalue weighted by Crippen LogP contribution is -2.35. The maximum atomic E-state index is 12.3. The summed E-state index contributed by atoms with van der Waals surface area (Å²) < 4.78 is 5.02. The SMILES string of the molecule is Cc1cc(C)nc(SCC(=O)OCC(=O)N(CC#N)c2ccccc2)n1. The number of carbonyl (C=O) groups excluding carboxylic acids is 2. The van der Waals surface area contributed by atoms with E-state index in [4.69, 9.17) is 10.00 Å². The Morgan fingerprint density at radius 2 is 1.85 bits per heavy atom. The number of hydrogen-bond acceptors (Lipinski definition) is 7. The van der Waals surface area contributed by atoms with Gasteiger partial charge in [-0.25, -0.2) is 9.97 Å². The molecule has 0 atom stereocenters. The third-order valence-corrected chi connectivity index (χ3v) is 4.06. The molecule has 8 heteroatoms. The lowest BCUT2D eigenvalue weighted by atomic mass is 10.3. The van der Waals surface area contributed by atoms with E-state index in [2.05, 4.69) is 9.97 Å². The fraction of sp³-hybridized carbons (Fsp3) is 0.278. The Balaban J connectivity index is 1.87. The number of ether oxygens (including phenoxy) is 1. The molecule has 1 heterocycles. The zero-order valence-corrected chi connectivity index (χ0v) is 15.3. The molecule has 0 unspecified atom stereocenters. The Bertz CT molecular complexity index is 801. The minimum atomic E-state index is -0.545. The average molecular weight is 370 g/mol. The van der Waals surface area contributed by atoms with Gasteiger partial charge in [-0.05, 0) is 32.0 Å². The zero-order chi connectivity index (χ0) is 18.9. The molecule has 26 heavy (non-hydrogen) atoms. The second-order valence-corrected chi connectivity index (χ2v) is 6.30. The first-order valence-electron chi connectivity index (χ1n) is 7.82. The number of esters is 1. The van der Waals surface area contributed by atoms with Gasteiger partial charge in [-0.2, -0.15) is 5.26 Å². The van der Waals surface area contributed by atoms with Crippen LogP contribution in [0.25, 0.3) is 0 Å². The molecule has 0 aliphatic carbocycles. The van der Waals surface area contributed by atoms with Crippen molar-refractivity contribution >= 4 is 29.3 Å². The van der Waals surface area contributed by atoms with Crippen LogP contribution in [0.1, 0.15) is 11.4 Å². The first kappa shape index (κ1) is 19.4. The highest BCUT2D eigenvalue weighted by Crippen LogP contribution is 2.15. The van der Waals surface area contributed by atoms with Crippen molar-refractivity contribution in [2.24, 2.45) is 0 Å². The topological polar surface area (TPSA) is 96.2 Å². The number of aromatic nitrogens is 2. The second-order valence-electron chi connectivity index (χ2n) is 5.36. The number of nitriles is 1. The van der Waals surface area contributed by atoms with Crippen LogP contribution in [0, 0.1) is 25.2 Å². The van der Waals surface area contributed by atoms with Crippen molar-refractivity contribution in [1.82, 2.24) is 9.97 Å². The van der Waals surface area contributed by atoms with Crippen molar-refractivity contribution in [2.45, 2.75) is 19.0 Å². The average Bonchev–Trinajstić information content (AvgIpc) is 2.62. The van der Waals surface area contributed by atoms with Crippen LogP contribution in [-0.4, -0.2) is 40.7 Å². The molecule has 0 spiro atoms. The normalized spacial score (nSPS) is 10.0. The fourth-order valence-electron chi connectivity index (χ4n) is 2.15. The van der Waals surface area contributed by atoms with Gasteiger partial charge in [0.25, 0.3) is 5.91 Å². The molecule has 1 aromatic heterocycles. The Morgan fingerprint density at radius 3 is 2.46 bits per heavy atom. The standard InChI is InChI=1S/C18H18N4O3S/c1-13-10-14(2)21-18(20-13)26-12-17(24)25-11-16(23)22(9-8-19)15-6-4-3-5-7-15/h3-7,10H,9,11-12H2,1-2H3. The fourth-order valence-corrected chi connectivity index (χ4v) is 2.89. The molecule has 1 aromatic carbocycles. The largest absolute Gasteiger partial charge is 0.455 e. The lowest BCUT2D eigenvalue weighted by Gasteiger charge is -2.19. The van der Waals surface area contributed by atoms with Crippen molar-refractivity contribution in [3.8, 4) is 6.07 Å². The van der Waals surface area contributed by atoms with Crippen LogP contribution < -0.4 is 4.90 Å². The number of carbonyl (C=O) groups is 2. The first-order chi connectivity index (χ1) is 12.5. The Kier molecular flexibility index (Phi) is 7.12. The van der Waals surface area contributed by atoms with Crippen molar-refractivity contribution in [2.75, 3.05) is 23.8 Å². The molecule has 0 aliphatic heterocycles. The van der Waals surface area contributed by atoms with E-state index in [1.807, 2.05) is 32.0 Å². The van der Waals surface area contributed by atoms with Gasteiger partial charge < -0.3 is 4.74 Å². The summed E-state index contributed by atoms with van der Waals surface area (Å²) in [6.07, 6.45) is 0. The van der Waals surface area contributed by atoms with Gasteiger partial charge in [-0.15, -0.1) is 0 Å². The van der Waals surface area contributed by atoms with E-state index in [1.54, 1.807) is 24.3 Å². The number of anilines is 1. The summed E-state index contributed by atoms with van der Waals surface area (Å²) in [4.78, 5) is 33.9. The third-order valence-electron chi connectivity index (χ3n) is 3.24. The van der Waals surface area contributed by atoms with Crippen LogP contribution in [0.3, 0.4) is 0 Å². The van der Waals surface area contributed by atoms with E-state index in [0.717, 1.165) is 23.1 Å². The summed E-state index contributed by atoms with van der Waals surface area (Å²) in [7, 11) is 0. The van der Waals surface area contributed by atoms with Gasteiger partial charge in [0.05, 0.1) is 11.8 Å². The van der Waals surface area contributed by atoms with Crippen molar-refractivity contribution < 1.29 is 14.3 Å². The molecule has 0 fully saturated rings. The van der Waals surface area contributed by atoms with Crippen molar-refractivity contribution in [1.29, 1.82) is 5.26 Å². The van der Waals surface area contributed by atoms with Crippen LogP contribution in [0.4, 0.5) is 5.69 Å².